The molecule has 0 heterocycles. The van der Waals surface area contributed by atoms with Gasteiger partial charge in [-0.15, -0.1) is 0 Å². The van der Waals surface area contributed by atoms with Gasteiger partial charge in [-0.05, 0) is 50.0 Å². The third-order valence-corrected chi connectivity index (χ3v) is 5.06. The molecule has 0 saturated heterocycles. The number of hydrogen-bond donors (Lipinski definition) is 1. The van der Waals surface area contributed by atoms with Crippen molar-refractivity contribution in [1.82, 2.24) is 5.32 Å². The first-order valence-electron chi connectivity index (χ1n) is 8.94. The summed E-state index contributed by atoms with van der Waals surface area (Å²) in [5, 5.41) is 3.87. The van der Waals surface area contributed by atoms with Gasteiger partial charge in [-0.3, -0.25) is 0 Å². The second-order valence-corrected chi connectivity index (χ2v) is 6.89. The van der Waals surface area contributed by atoms with Crippen LogP contribution in [0.5, 0.6) is 0 Å². The van der Waals surface area contributed by atoms with Crippen molar-refractivity contribution >= 4 is 0 Å². The Hall–Kier alpha value is -0.0400. The maximum Gasteiger partial charge on any atom is 0.00979 e. The van der Waals surface area contributed by atoms with E-state index < -0.39 is 0 Å². The summed E-state index contributed by atoms with van der Waals surface area (Å²) in [6.45, 7) is 10.6. The quantitative estimate of drug-likeness (QED) is 0.590. The van der Waals surface area contributed by atoms with Crippen LogP contribution in [-0.4, -0.2) is 12.6 Å². The average Bonchev–Trinajstić information content (AvgIpc) is 2.43. The van der Waals surface area contributed by atoms with Crippen molar-refractivity contribution < 1.29 is 0 Å². The molecule has 0 spiro atoms. The minimum Gasteiger partial charge on any atom is -0.314 e. The van der Waals surface area contributed by atoms with Crippen molar-refractivity contribution in [2.75, 3.05) is 6.54 Å². The zero-order chi connectivity index (χ0) is 14.1. The molecule has 0 aliphatic heterocycles. The second kappa shape index (κ2) is 9.80. The zero-order valence-corrected chi connectivity index (χ0v) is 13.9. The van der Waals surface area contributed by atoms with Crippen molar-refractivity contribution in [2.45, 2.75) is 91.5 Å². The van der Waals surface area contributed by atoms with Gasteiger partial charge in [0.1, 0.15) is 0 Å². The third-order valence-electron chi connectivity index (χ3n) is 5.06. The Kier molecular flexibility index (Phi) is 8.77. The van der Waals surface area contributed by atoms with Crippen LogP contribution in [0.25, 0.3) is 0 Å². The molecule has 1 aliphatic carbocycles. The van der Waals surface area contributed by atoms with Crippen molar-refractivity contribution in [3.8, 4) is 0 Å². The molecule has 1 fully saturated rings. The van der Waals surface area contributed by atoms with E-state index in [1.54, 1.807) is 0 Å². The highest BCUT2D eigenvalue weighted by Crippen LogP contribution is 2.35. The van der Waals surface area contributed by atoms with Gasteiger partial charge in [0.15, 0.2) is 0 Å². The third kappa shape index (κ3) is 6.29. The van der Waals surface area contributed by atoms with Crippen LogP contribution in [0.3, 0.4) is 0 Å². The van der Waals surface area contributed by atoms with Gasteiger partial charge in [-0.25, -0.2) is 0 Å². The fraction of sp³-hybridized carbons (Fsp3) is 1.00. The van der Waals surface area contributed by atoms with E-state index in [-0.39, 0.29) is 0 Å². The molecule has 0 radical (unpaired) electrons. The van der Waals surface area contributed by atoms with Crippen LogP contribution in [0.1, 0.15) is 85.5 Å². The molecule has 1 nitrogen and oxygen atoms in total. The highest BCUT2D eigenvalue weighted by molar-refractivity contribution is 4.83. The van der Waals surface area contributed by atoms with E-state index in [2.05, 4.69) is 33.0 Å². The highest BCUT2D eigenvalue weighted by atomic mass is 14.9. The summed E-state index contributed by atoms with van der Waals surface area (Å²) in [5.41, 5.74) is 0. The smallest absolute Gasteiger partial charge is 0.00979 e. The first-order chi connectivity index (χ1) is 9.21. The monoisotopic (exact) mass is 267 g/mol. The van der Waals surface area contributed by atoms with E-state index in [4.69, 9.17) is 0 Å². The second-order valence-electron chi connectivity index (χ2n) is 6.89. The molecule has 19 heavy (non-hydrogen) atoms. The van der Waals surface area contributed by atoms with Gasteiger partial charge in [0, 0.05) is 6.04 Å². The predicted octanol–water partition coefficient (Wildman–Crippen LogP) is 5.40. The molecule has 0 aromatic rings. The Morgan fingerprint density at radius 3 is 2.53 bits per heavy atom. The SMILES string of the molecule is CCCNC(CC(C)CCC)C1CCCC(CC)C1. The first-order valence-corrected chi connectivity index (χ1v) is 8.94. The Bertz CT molecular complexity index is 214. The molecule has 0 amide bonds. The van der Waals surface area contributed by atoms with Gasteiger partial charge in [0.05, 0.1) is 0 Å². The molecule has 4 atom stereocenters. The summed E-state index contributed by atoms with van der Waals surface area (Å²) in [7, 11) is 0. The Labute approximate surface area is 121 Å². The molecule has 0 aromatic carbocycles. The van der Waals surface area contributed by atoms with Gasteiger partial charge in [0.25, 0.3) is 0 Å². The number of nitrogens with one attached hydrogen (secondary N) is 1. The summed E-state index contributed by atoms with van der Waals surface area (Å²) >= 11 is 0. The van der Waals surface area contributed by atoms with Gasteiger partial charge in [0.2, 0.25) is 0 Å². The van der Waals surface area contributed by atoms with E-state index >= 15 is 0 Å². The highest BCUT2D eigenvalue weighted by Gasteiger charge is 2.28. The lowest BCUT2D eigenvalue weighted by atomic mass is 9.74. The predicted molar refractivity (Wildman–Crippen MR) is 86.5 cm³/mol. The normalized spacial score (nSPS) is 27.2. The molecule has 1 aliphatic rings. The first kappa shape index (κ1) is 17.0. The van der Waals surface area contributed by atoms with E-state index in [1.165, 1.54) is 64.3 Å². The van der Waals surface area contributed by atoms with Crippen LogP contribution in [0.4, 0.5) is 0 Å². The van der Waals surface area contributed by atoms with Gasteiger partial charge < -0.3 is 5.32 Å². The van der Waals surface area contributed by atoms with Gasteiger partial charge >= 0.3 is 0 Å². The maximum atomic E-state index is 3.87. The van der Waals surface area contributed by atoms with Crippen LogP contribution >= 0.6 is 0 Å². The van der Waals surface area contributed by atoms with Crippen LogP contribution < -0.4 is 5.32 Å². The van der Waals surface area contributed by atoms with E-state index in [0.717, 1.165) is 23.8 Å². The molecular formula is C18H37N. The summed E-state index contributed by atoms with van der Waals surface area (Å²) in [5.74, 6) is 2.84. The minimum absolute atomic E-state index is 0.788. The molecule has 1 rings (SSSR count). The lowest BCUT2D eigenvalue weighted by Crippen LogP contribution is -2.40. The van der Waals surface area contributed by atoms with Crippen LogP contribution in [0, 0.1) is 17.8 Å². The molecular weight excluding hydrogens is 230 g/mol. The molecule has 114 valence electrons. The topological polar surface area (TPSA) is 12.0 Å². The number of hydrogen-bond acceptors (Lipinski definition) is 1. The molecule has 4 unspecified atom stereocenters. The molecule has 1 heteroatoms. The summed E-state index contributed by atoms with van der Waals surface area (Å²) < 4.78 is 0. The largest absolute Gasteiger partial charge is 0.314 e. The Morgan fingerprint density at radius 1 is 1.11 bits per heavy atom. The van der Waals surface area contributed by atoms with E-state index in [9.17, 15) is 0 Å². The lowest BCUT2D eigenvalue weighted by molar-refractivity contribution is 0.188. The van der Waals surface area contributed by atoms with Crippen LogP contribution in [0.15, 0.2) is 0 Å². The fourth-order valence-electron chi connectivity index (χ4n) is 3.89. The van der Waals surface area contributed by atoms with E-state index in [1.807, 2.05) is 0 Å². The standard InChI is InChI=1S/C18H37N/c1-5-9-15(4)13-18(19-12-6-2)17-11-8-10-16(7-3)14-17/h15-19H,5-14H2,1-4H3. The summed E-state index contributed by atoms with van der Waals surface area (Å²) in [6, 6.07) is 0.788. The molecule has 1 N–H and O–H groups in total. The van der Waals surface area contributed by atoms with Crippen molar-refractivity contribution in [3.05, 3.63) is 0 Å². The molecule has 1 saturated carbocycles. The molecule has 0 aromatic heterocycles. The Morgan fingerprint density at radius 2 is 1.89 bits per heavy atom. The van der Waals surface area contributed by atoms with E-state index in [0.29, 0.717) is 0 Å². The van der Waals surface area contributed by atoms with Crippen molar-refractivity contribution in [1.29, 1.82) is 0 Å². The van der Waals surface area contributed by atoms with Gasteiger partial charge in [-0.1, -0.05) is 59.8 Å². The van der Waals surface area contributed by atoms with Crippen LogP contribution in [-0.2, 0) is 0 Å². The summed E-state index contributed by atoms with van der Waals surface area (Å²) in [6.07, 6.45) is 12.7. The molecule has 0 bridgehead atoms. The van der Waals surface area contributed by atoms with Crippen molar-refractivity contribution in [3.63, 3.8) is 0 Å². The average molecular weight is 268 g/mol. The fourth-order valence-corrected chi connectivity index (χ4v) is 3.89. The van der Waals surface area contributed by atoms with Gasteiger partial charge in [-0.2, -0.15) is 0 Å². The lowest BCUT2D eigenvalue weighted by Gasteiger charge is -2.36. The Balaban J connectivity index is 2.50. The zero-order valence-electron chi connectivity index (χ0n) is 13.9. The summed E-state index contributed by atoms with van der Waals surface area (Å²) in [4.78, 5) is 0. The minimum atomic E-state index is 0.788. The number of rotatable bonds is 9. The maximum absolute atomic E-state index is 3.87. The van der Waals surface area contributed by atoms with Crippen LogP contribution in [0.2, 0.25) is 0 Å². The van der Waals surface area contributed by atoms with Crippen molar-refractivity contribution in [2.24, 2.45) is 17.8 Å².